The van der Waals surface area contributed by atoms with E-state index in [0.717, 1.165) is 13.0 Å². The van der Waals surface area contributed by atoms with Crippen molar-refractivity contribution in [3.05, 3.63) is 23.9 Å². The van der Waals surface area contributed by atoms with Crippen LogP contribution in [0.3, 0.4) is 0 Å². The summed E-state index contributed by atoms with van der Waals surface area (Å²) >= 11 is 0. The lowest BCUT2D eigenvalue weighted by Gasteiger charge is -1.94. The number of nitrogens with one attached hydrogen (secondary N) is 1. The highest BCUT2D eigenvalue weighted by Crippen LogP contribution is 1.97. The molecule has 0 radical (unpaired) electrons. The normalized spacial score (nSPS) is 18.9. The van der Waals surface area contributed by atoms with E-state index in [1.165, 1.54) is 5.57 Å². The fraction of sp³-hybridized carbons (Fsp3) is 0.429. The van der Waals surface area contributed by atoms with Gasteiger partial charge in [0.05, 0.1) is 0 Å². The Morgan fingerprint density at radius 3 is 3.38 bits per heavy atom. The van der Waals surface area contributed by atoms with Crippen LogP contribution in [0.15, 0.2) is 23.9 Å². The topological polar surface area (TPSA) is 12.0 Å². The zero-order valence-corrected chi connectivity index (χ0v) is 5.15. The summed E-state index contributed by atoms with van der Waals surface area (Å²) in [7, 11) is 0. The summed E-state index contributed by atoms with van der Waals surface area (Å²) in [5.41, 5.74) is 1.43. The van der Waals surface area contributed by atoms with Crippen LogP contribution in [0, 0.1) is 0 Å². The SMILES string of the molecule is CC1=CCC=CNC1. The summed E-state index contributed by atoms with van der Waals surface area (Å²) < 4.78 is 0. The molecule has 0 aromatic carbocycles. The highest BCUT2D eigenvalue weighted by molar-refractivity contribution is 5.07. The van der Waals surface area contributed by atoms with Gasteiger partial charge in [0.2, 0.25) is 0 Å². The van der Waals surface area contributed by atoms with E-state index < -0.39 is 0 Å². The summed E-state index contributed by atoms with van der Waals surface area (Å²) in [6.07, 6.45) is 7.44. The Balaban J connectivity index is 2.48. The molecule has 1 aliphatic rings. The molecule has 44 valence electrons. The van der Waals surface area contributed by atoms with Crippen molar-refractivity contribution in [1.29, 1.82) is 0 Å². The largest absolute Gasteiger partial charge is 0.387 e. The second-order valence-electron chi connectivity index (χ2n) is 2.07. The Labute approximate surface area is 50.1 Å². The van der Waals surface area contributed by atoms with Crippen molar-refractivity contribution in [2.45, 2.75) is 13.3 Å². The minimum absolute atomic E-state index is 1.01. The summed E-state index contributed by atoms with van der Waals surface area (Å²) in [5, 5.41) is 3.15. The van der Waals surface area contributed by atoms with Gasteiger partial charge in [0.15, 0.2) is 0 Å². The van der Waals surface area contributed by atoms with Gasteiger partial charge in [-0.1, -0.05) is 17.7 Å². The monoisotopic (exact) mass is 109 g/mol. The van der Waals surface area contributed by atoms with Gasteiger partial charge in [0.1, 0.15) is 0 Å². The zero-order chi connectivity index (χ0) is 5.82. The van der Waals surface area contributed by atoms with E-state index in [2.05, 4.69) is 24.4 Å². The van der Waals surface area contributed by atoms with Gasteiger partial charge in [-0.2, -0.15) is 0 Å². The molecule has 8 heavy (non-hydrogen) atoms. The van der Waals surface area contributed by atoms with Crippen molar-refractivity contribution in [3.8, 4) is 0 Å². The van der Waals surface area contributed by atoms with Crippen molar-refractivity contribution in [2.75, 3.05) is 6.54 Å². The van der Waals surface area contributed by atoms with Gasteiger partial charge >= 0.3 is 0 Å². The van der Waals surface area contributed by atoms with Crippen LogP contribution in [0.1, 0.15) is 13.3 Å². The maximum Gasteiger partial charge on any atom is 0.0352 e. The van der Waals surface area contributed by atoms with Gasteiger partial charge in [-0.05, 0) is 19.5 Å². The predicted molar refractivity (Wildman–Crippen MR) is 35.5 cm³/mol. The van der Waals surface area contributed by atoms with E-state index in [1.54, 1.807) is 0 Å². The van der Waals surface area contributed by atoms with E-state index in [0.29, 0.717) is 0 Å². The molecular weight excluding hydrogens is 98.1 g/mol. The van der Waals surface area contributed by atoms with Crippen LogP contribution in [-0.4, -0.2) is 6.54 Å². The molecule has 1 N–H and O–H groups in total. The Bertz CT molecular complexity index is 122. The van der Waals surface area contributed by atoms with Crippen molar-refractivity contribution < 1.29 is 0 Å². The summed E-state index contributed by atoms with van der Waals surface area (Å²) in [4.78, 5) is 0. The molecule has 0 aromatic heterocycles. The van der Waals surface area contributed by atoms with Crippen LogP contribution in [0.2, 0.25) is 0 Å². The molecule has 0 spiro atoms. The quantitative estimate of drug-likeness (QED) is 0.464. The fourth-order valence-corrected chi connectivity index (χ4v) is 0.713. The van der Waals surface area contributed by atoms with Crippen LogP contribution >= 0.6 is 0 Å². The highest BCUT2D eigenvalue weighted by Gasteiger charge is 1.87. The van der Waals surface area contributed by atoms with E-state index in [4.69, 9.17) is 0 Å². The molecule has 1 aliphatic heterocycles. The second-order valence-corrected chi connectivity index (χ2v) is 2.07. The highest BCUT2D eigenvalue weighted by atomic mass is 14.8. The molecule has 1 rings (SSSR count). The van der Waals surface area contributed by atoms with Crippen molar-refractivity contribution in [1.82, 2.24) is 5.32 Å². The smallest absolute Gasteiger partial charge is 0.0352 e. The van der Waals surface area contributed by atoms with Crippen molar-refractivity contribution in [3.63, 3.8) is 0 Å². The molecule has 0 amide bonds. The number of hydrogen-bond acceptors (Lipinski definition) is 1. The first-order valence-corrected chi connectivity index (χ1v) is 2.93. The average Bonchev–Trinajstić information content (AvgIpc) is 1.94. The second kappa shape index (κ2) is 2.55. The lowest BCUT2D eigenvalue weighted by molar-refractivity contribution is 0.943. The van der Waals surface area contributed by atoms with Crippen LogP contribution in [0.5, 0.6) is 0 Å². The number of allylic oxidation sites excluding steroid dienone is 2. The molecule has 0 atom stereocenters. The molecule has 1 heterocycles. The van der Waals surface area contributed by atoms with Crippen molar-refractivity contribution in [2.24, 2.45) is 0 Å². The van der Waals surface area contributed by atoms with E-state index >= 15 is 0 Å². The molecule has 0 bridgehead atoms. The molecule has 1 nitrogen and oxygen atoms in total. The van der Waals surface area contributed by atoms with Crippen LogP contribution in [0.25, 0.3) is 0 Å². The lowest BCUT2D eigenvalue weighted by Crippen LogP contribution is -2.05. The number of rotatable bonds is 0. The Kier molecular flexibility index (Phi) is 1.73. The molecule has 0 saturated heterocycles. The zero-order valence-electron chi connectivity index (χ0n) is 5.15. The minimum Gasteiger partial charge on any atom is -0.387 e. The van der Waals surface area contributed by atoms with Crippen LogP contribution in [-0.2, 0) is 0 Å². The minimum atomic E-state index is 1.01. The Morgan fingerprint density at radius 2 is 2.50 bits per heavy atom. The molecule has 0 aliphatic carbocycles. The molecule has 0 unspecified atom stereocenters. The van der Waals surface area contributed by atoms with Gasteiger partial charge < -0.3 is 5.32 Å². The van der Waals surface area contributed by atoms with E-state index in [9.17, 15) is 0 Å². The maximum absolute atomic E-state index is 3.15. The third-order valence-corrected chi connectivity index (χ3v) is 1.22. The van der Waals surface area contributed by atoms with Gasteiger partial charge in [-0.3, -0.25) is 0 Å². The van der Waals surface area contributed by atoms with Gasteiger partial charge in [-0.25, -0.2) is 0 Å². The fourth-order valence-electron chi connectivity index (χ4n) is 0.713. The first kappa shape index (κ1) is 5.42. The van der Waals surface area contributed by atoms with Crippen molar-refractivity contribution >= 4 is 0 Å². The Morgan fingerprint density at radius 1 is 1.62 bits per heavy atom. The molecule has 0 saturated carbocycles. The third kappa shape index (κ3) is 1.41. The summed E-state index contributed by atoms with van der Waals surface area (Å²) in [6.45, 7) is 3.15. The molecular formula is C7H11N. The van der Waals surface area contributed by atoms with E-state index in [1.807, 2.05) is 6.20 Å². The summed E-state index contributed by atoms with van der Waals surface area (Å²) in [5.74, 6) is 0. The molecule has 1 heteroatoms. The van der Waals surface area contributed by atoms with Crippen LogP contribution < -0.4 is 5.32 Å². The first-order valence-electron chi connectivity index (χ1n) is 2.93. The predicted octanol–water partition coefficient (Wildman–Crippen LogP) is 1.44. The van der Waals surface area contributed by atoms with Gasteiger partial charge in [0.25, 0.3) is 0 Å². The molecule has 0 aromatic rings. The average molecular weight is 109 g/mol. The molecule has 0 fully saturated rings. The van der Waals surface area contributed by atoms with Gasteiger partial charge in [0, 0.05) is 6.54 Å². The van der Waals surface area contributed by atoms with Gasteiger partial charge in [-0.15, -0.1) is 0 Å². The lowest BCUT2D eigenvalue weighted by atomic mass is 10.2. The summed E-state index contributed by atoms with van der Waals surface area (Å²) in [6, 6.07) is 0. The number of hydrogen-bond donors (Lipinski definition) is 1. The van der Waals surface area contributed by atoms with E-state index in [-0.39, 0.29) is 0 Å². The standard InChI is InChI=1S/C7H11N/c1-7-4-2-3-5-8-6-7/h3-5,8H,2,6H2,1H3. The Hall–Kier alpha value is -0.720. The first-order chi connectivity index (χ1) is 3.89. The maximum atomic E-state index is 3.15. The van der Waals surface area contributed by atoms with Crippen LogP contribution in [0.4, 0.5) is 0 Å². The third-order valence-electron chi connectivity index (χ3n) is 1.22.